The molecule has 6 heterocycles. The van der Waals surface area contributed by atoms with Crippen LogP contribution in [0.4, 0.5) is 22.8 Å². The number of methoxy groups -OCH3 is 2. The molecule has 2 aromatic carbocycles. The Morgan fingerprint density at radius 1 is 0.663 bits per heavy atom. The average Bonchev–Trinajstić information content (AvgIpc) is 1.66. The number of hydrogen-bond acceptors (Lipinski definition) is 20. The predicted octanol–water partition coefficient (Wildman–Crippen LogP) is 6.24. The summed E-state index contributed by atoms with van der Waals surface area (Å²) in [6.45, 7) is 10.8. The molecule has 33 heteroatoms. The Morgan fingerprint density at radius 2 is 1.09 bits per heavy atom. The van der Waals surface area contributed by atoms with Crippen LogP contribution in [-0.4, -0.2) is 246 Å². The lowest BCUT2D eigenvalue weighted by Gasteiger charge is -2.24. The molecule has 2 fully saturated rings. The van der Waals surface area contributed by atoms with E-state index in [1.807, 2.05) is 84.1 Å². The van der Waals surface area contributed by atoms with Crippen LogP contribution in [0.3, 0.4) is 0 Å². The van der Waals surface area contributed by atoms with Gasteiger partial charge in [-0.05, 0) is 122 Å². The summed E-state index contributed by atoms with van der Waals surface area (Å²) in [5, 5.41) is 32.1. The summed E-state index contributed by atoms with van der Waals surface area (Å²) in [5.41, 5.74) is 2.25. The number of carbonyl (C=O) groups excluding carboxylic acids is 10. The number of aliphatic hydroxyl groups excluding tert-OH is 1. The van der Waals surface area contributed by atoms with Crippen molar-refractivity contribution >= 4 is 86.7 Å². The van der Waals surface area contributed by atoms with Crippen LogP contribution in [0.15, 0.2) is 86.0 Å². The number of hydrogen-bond donors (Lipinski definition) is 9. The third kappa shape index (κ3) is 29.1. The summed E-state index contributed by atoms with van der Waals surface area (Å²) >= 11 is 0. The van der Waals surface area contributed by atoms with E-state index in [4.69, 9.17) is 24.1 Å². The molecule has 5 amide bonds. The standard InChI is InChI=1S/C31H45N5O7.C25H33N3O6.C7H6N4O.C5H14N2.C2HF3O2.CH4/c1-19(2)14-21(16-26(37)25-17-22-23(33-25)8-7-9-28(22)42-6)30(40)34-24(15-20-10-11-32-29(20)39)27(38)18-43-31(41)36(5)13-12-35(3)4;1-14(2)9-16(11-21(30)20-12-17-18(27-20)5-4-6-23(17)34-3)25(33)28-19(22(31)13-29)10-15-7-8-26-24(15)32;12-7(10-3-1-8-5-10)11-4-2-9-6-11;1-6-4-5-7(2)3;3-2(4,5)1(6)7;/h7-9,17,19-21,24,33H,10-16,18H2,1-6H3,(H,32,39)(H,34,40);4-6,12,14-16,19,27,29H,7-11,13H2,1-3H3,(H,26,32)(H,28,33);1-6H;6H,4-5H2,1-3H3;(H,6,7);1H4/t20-,21+,24-;15-,16+,19-;;;;/m00..../s1. The van der Waals surface area contributed by atoms with Gasteiger partial charge in [-0.1, -0.05) is 47.3 Å². The largest absolute Gasteiger partial charge is 0.496 e. The smallest absolute Gasteiger partial charge is 0.490 e. The molecule has 2 saturated heterocycles. The minimum atomic E-state index is -5.08. The normalized spacial score (nSPS) is 15.0. The highest BCUT2D eigenvalue weighted by atomic mass is 19.4. The maximum atomic E-state index is 13.6. The molecule has 104 heavy (non-hydrogen) atoms. The molecule has 574 valence electrons. The highest BCUT2D eigenvalue weighted by Gasteiger charge is 2.39. The van der Waals surface area contributed by atoms with E-state index < -0.39 is 90.6 Å². The fourth-order valence-corrected chi connectivity index (χ4v) is 10.8. The van der Waals surface area contributed by atoms with E-state index in [1.165, 1.54) is 26.7 Å². The number of benzene rings is 2. The van der Waals surface area contributed by atoms with Crippen molar-refractivity contribution in [3.8, 4) is 11.5 Å². The van der Waals surface area contributed by atoms with Crippen molar-refractivity contribution in [2.75, 3.05) is 109 Å². The molecule has 8 rings (SSSR count). The number of nitrogens with one attached hydrogen (secondary N) is 7. The quantitative estimate of drug-likeness (QED) is 0.0217. The summed E-state index contributed by atoms with van der Waals surface area (Å²) in [6.07, 6.45) is 5.48. The van der Waals surface area contributed by atoms with Gasteiger partial charge in [-0.15, -0.1) is 0 Å². The fourth-order valence-electron chi connectivity index (χ4n) is 10.8. The summed E-state index contributed by atoms with van der Waals surface area (Å²) in [4.78, 5) is 155. The van der Waals surface area contributed by atoms with Gasteiger partial charge in [0.2, 0.25) is 23.6 Å². The number of alkyl halides is 3. The number of H-pyrrole nitrogens is 2. The number of ketones is 4. The summed E-state index contributed by atoms with van der Waals surface area (Å²) in [6, 6.07) is 12.2. The van der Waals surface area contributed by atoms with Crippen LogP contribution in [0, 0.1) is 35.5 Å². The number of Topliss-reactive ketones (excluding diaryl/α,β-unsaturated/α-hetero) is 4. The van der Waals surface area contributed by atoms with Crippen molar-refractivity contribution in [3.05, 3.63) is 97.4 Å². The summed E-state index contributed by atoms with van der Waals surface area (Å²) < 4.78 is 50.5. The molecular weight excluding hydrogens is 1360 g/mol. The minimum absolute atomic E-state index is 0. The lowest BCUT2D eigenvalue weighted by Crippen LogP contribution is -2.47. The number of fused-ring (bicyclic) bond motifs is 2. The number of likely N-dealkylation sites (N-methyl/N-ethyl adjacent to an activating group) is 4. The Labute approximate surface area is 603 Å². The van der Waals surface area contributed by atoms with Gasteiger partial charge in [-0.3, -0.25) is 47.5 Å². The number of carboxylic acids is 1. The number of nitrogens with zero attached hydrogens (tertiary/aromatic N) is 7. The second kappa shape index (κ2) is 43.9. The molecule has 0 radical (unpaired) electrons. The van der Waals surface area contributed by atoms with E-state index in [1.54, 1.807) is 64.3 Å². The third-order valence-corrected chi connectivity index (χ3v) is 16.4. The lowest BCUT2D eigenvalue weighted by molar-refractivity contribution is -0.192. The Morgan fingerprint density at radius 3 is 1.41 bits per heavy atom. The third-order valence-electron chi connectivity index (χ3n) is 16.4. The van der Waals surface area contributed by atoms with Gasteiger partial charge in [0.05, 0.1) is 37.7 Å². The fraction of sp³-hybridized carbons (Fsp3) is 0.535. The first kappa shape index (κ1) is 88.4. The number of halogens is 3. The van der Waals surface area contributed by atoms with Gasteiger partial charge in [-0.2, -0.15) is 13.2 Å². The number of carbonyl (C=O) groups is 11. The number of imidazole rings is 2. The second-order valence-electron chi connectivity index (χ2n) is 26.1. The molecule has 4 aromatic heterocycles. The van der Waals surface area contributed by atoms with Gasteiger partial charge in [0.25, 0.3) is 0 Å². The number of aromatic amines is 2. The highest BCUT2D eigenvalue weighted by molar-refractivity contribution is 6.04. The first-order valence-corrected chi connectivity index (χ1v) is 33.5. The monoisotopic (exact) mass is 1460 g/mol. The van der Waals surface area contributed by atoms with Crippen molar-refractivity contribution in [2.45, 2.75) is 105 Å². The Bertz CT molecular complexity index is 3710. The molecule has 0 unspecified atom stereocenters. The van der Waals surface area contributed by atoms with Gasteiger partial charge in [0, 0.05) is 129 Å². The van der Waals surface area contributed by atoms with Crippen molar-refractivity contribution in [1.29, 1.82) is 0 Å². The molecule has 30 nitrogen and oxygen atoms in total. The van der Waals surface area contributed by atoms with Crippen LogP contribution in [0.25, 0.3) is 21.8 Å². The molecule has 0 bridgehead atoms. The molecule has 2 aliphatic rings. The maximum Gasteiger partial charge on any atom is 0.490 e. The van der Waals surface area contributed by atoms with E-state index in [0.29, 0.717) is 74.7 Å². The zero-order valence-corrected chi connectivity index (χ0v) is 60.4. The van der Waals surface area contributed by atoms with Crippen LogP contribution in [0.5, 0.6) is 11.5 Å². The van der Waals surface area contributed by atoms with Gasteiger partial charge >= 0.3 is 24.3 Å². The molecule has 6 aromatic rings. The van der Waals surface area contributed by atoms with Crippen LogP contribution in [0.1, 0.15) is 107 Å². The molecule has 6 atom stereocenters. The van der Waals surface area contributed by atoms with Crippen LogP contribution < -0.4 is 36.1 Å². The molecule has 0 saturated carbocycles. The van der Waals surface area contributed by atoms with Crippen molar-refractivity contribution in [2.24, 2.45) is 35.5 Å². The van der Waals surface area contributed by atoms with Crippen molar-refractivity contribution in [1.82, 2.24) is 70.4 Å². The zero-order valence-electron chi connectivity index (χ0n) is 60.4. The predicted molar refractivity (Wildman–Crippen MR) is 382 cm³/mol. The van der Waals surface area contributed by atoms with E-state index in [2.05, 4.69) is 65.5 Å². The maximum absolute atomic E-state index is 13.6. The van der Waals surface area contributed by atoms with Gasteiger partial charge in [0.1, 0.15) is 30.8 Å². The van der Waals surface area contributed by atoms with E-state index >= 15 is 0 Å². The first-order chi connectivity index (χ1) is 48.7. The SMILES string of the molecule is C.CNCCN(C)C.COc1cccc2[nH]c(C(=O)C[C@@H](CC(C)C)C(=O)N[C@@H](C[C@@H]3CCNC3=O)C(=O)CO)cc12.COc1cccc2[nH]c(C(=O)C[C@@H](CC(C)C)C(=O)N[C@@H](C[C@@H]3CCNC3=O)C(=O)COC(=O)N(C)CCN(C)C)cc12.O=C(O)C(F)(F)F.O=C(n1ccnc1)n1ccnc1. The number of amides is 5. The Balaban J connectivity index is 0.000000402. The number of rotatable bonds is 31. The summed E-state index contributed by atoms with van der Waals surface area (Å²) in [7, 11) is 14.6. The topological polar surface area (TPSA) is 393 Å². The zero-order chi connectivity index (χ0) is 76.7. The number of carboxylic acid groups (broad SMARTS) is 1. The van der Waals surface area contributed by atoms with Gasteiger partial charge < -0.3 is 75.7 Å². The highest BCUT2D eigenvalue weighted by Crippen LogP contribution is 2.30. The van der Waals surface area contributed by atoms with E-state index in [0.717, 1.165) is 34.9 Å². The molecule has 2 aliphatic heterocycles. The van der Waals surface area contributed by atoms with Crippen LogP contribution in [-0.2, 0) is 38.3 Å². The second-order valence-corrected chi connectivity index (χ2v) is 26.1. The molecule has 0 spiro atoms. The minimum Gasteiger partial charge on any atom is -0.496 e. The van der Waals surface area contributed by atoms with Crippen molar-refractivity contribution < 1.29 is 90.3 Å². The molecule has 0 aliphatic carbocycles. The summed E-state index contributed by atoms with van der Waals surface area (Å²) in [5.74, 6) is -6.24. The number of aromatic nitrogens is 6. The number of aliphatic carboxylic acids is 1. The number of ether oxygens (including phenoxy) is 3. The average molecular weight is 1470 g/mol. The van der Waals surface area contributed by atoms with Crippen LogP contribution in [0.2, 0.25) is 0 Å². The molecular formula is C71H103F3N14O16. The lowest BCUT2D eigenvalue weighted by atomic mass is 9.89. The molecule has 9 N–H and O–H groups in total. The van der Waals surface area contributed by atoms with Gasteiger partial charge in [-0.25, -0.2) is 24.4 Å². The Kier molecular flexibility index (Phi) is 37.3. The van der Waals surface area contributed by atoms with Crippen LogP contribution >= 0.6 is 0 Å². The van der Waals surface area contributed by atoms with E-state index in [9.17, 15) is 66.2 Å². The van der Waals surface area contributed by atoms with Crippen molar-refractivity contribution in [3.63, 3.8) is 0 Å². The Hall–Kier alpha value is -9.86. The van der Waals surface area contributed by atoms with Gasteiger partial charge in [0.15, 0.2) is 29.7 Å². The van der Waals surface area contributed by atoms with E-state index in [-0.39, 0.29) is 74.4 Å². The first-order valence-electron chi connectivity index (χ1n) is 33.5. The number of aliphatic hydroxyl groups is 1.